The van der Waals surface area contributed by atoms with Crippen molar-refractivity contribution in [2.75, 3.05) is 11.1 Å². The van der Waals surface area contributed by atoms with Crippen LogP contribution < -0.4 is 11.1 Å². The molecule has 1 amide bonds. The van der Waals surface area contributed by atoms with Crippen LogP contribution in [-0.2, 0) is 0 Å². The fraction of sp³-hybridized carbons (Fsp3) is 0.0833. The van der Waals surface area contributed by atoms with E-state index in [1.807, 2.05) is 6.92 Å². The number of anilines is 2. The third-order valence-electron chi connectivity index (χ3n) is 2.22. The van der Waals surface area contributed by atoms with Crippen molar-refractivity contribution >= 4 is 17.3 Å². The molecule has 2 aromatic rings. The lowest BCUT2D eigenvalue weighted by molar-refractivity contribution is 0.102. The summed E-state index contributed by atoms with van der Waals surface area (Å²) in [5.41, 5.74) is 7.83. The van der Waals surface area contributed by atoms with Crippen LogP contribution in [0.15, 0.2) is 36.7 Å². The minimum atomic E-state index is -0.324. The molecule has 5 heteroatoms. The highest BCUT2D eigenvalue weighted by Crippen LogP contribution is 2.17. The number of nitrogens with one attached hydrogen (secondary N) is 1. The molecular weight excluding hydrogens is 216 g/mol. The van der Waals surface area contributed by atoms with Crippen molar-refractivity contribution in [1.82, 2.24) is 9.97 Å². The van der Waals surface area contributed by atoms with Crippen LogP contribution in [0.5, 0.6) is 0 Å². The van der Waals surface area contributed by atoms with E-state index in [0.717, 1.165) is 5.69 Å². The summed E-state index contributed by atoms with van der Waals surface area (Å²) in [5, 5.41) is 2.68. The summed E-state index contributed by atoms with van der Waals surface area (Å²) in [5.74, 6) is -0.324. The van der Waals surface area contributed by atoms with Gasteiger partial charge in [0.1, 0.15) is 5.69 Å². The van der Waals surface area contributed by atoms with Crippen molar-refractivity contribution in [2.45, 2.75) is 6.92 Å². The molecule has 86 valence electrons. The van der Waals surface area contributed by atoms with Gasteiger partial charge in [-0.25, -0.2) is 4.98 Å². The molecule has 0 saturated carbocycles. The Morgan fingerprint density at radius 2 is 2.00 bits per heavy atom. The number of aryl methyl sites for hydroxylation is 1. The first-order chi connectivity index (χ1) is 8.16. The van der Waals surface area contributed by atoms with Crippen molar-refractivity contribution in [2.24, 2.45) is 0 Å². The van der Waals surface area contributed by atoms with Gasteiger partial charge in [-0.15, -0.1) is 0 Å². The van der Waals surface area contributed by atoms with E-state index < -0.39 is 0 Å². The zero-order valence-electron chi connectivity index (χ0n) is 9.34. The van der Waals surface area contributed by atoms with E-state index in [4.69, 9.17) is 5.73 Å². The highest BCUT2D eigenvalue weighted by atomic mass is 16.1. The first-order valence-corrected chi connectivity index (χ1v) is 5.11. The molecule has 0 saturated heterocycles. The van der Waals surface area contributed by atoms with Crippen molar-refractivity contribution in [3.05, 3.63) is 48.0 Å². The van der Waals surface area contributed by atoms with E-state index >= 15 is 0 Å². The lowest BCUT2D eigenvalue weighted by Gasteiger charge is -2.06. The largest absolute Gasteiger partial charge is 0.397 e. The fourth-order valence-electron chi connectivity index (χ4n) is 1.31. The van der Waals surface area contributed by atoms with Gasteiger partial charge in [-0.2, -0.15) is 0 Å². The summed E-state index contributed by atoms with van der Waals surface area (Å²) in [6.45, 7) is 1.81. The van der Waals surface area contributed by atoms with Gasteiger partial charge in [0, 0.05) is 6.20 Å². The number of rotatable bonds is 2. The molecule has 2 rings (SSSR count). The number of benzene rings is 1. The van der Waals surface area contributed by atoms with Gasteiger partial charge in [-0.1, -0.05) is 12.1 Å². The average Bonchev–Trinajstić information content (AvgIpc) is 2.33. The summed E-state index contributed by atoms with van der Waals surface area (Å²) in [6.07, 6.45) is 2.98. The summed E-state index contributed by atoms with van der Waals surface area (Å²) in [4.78, 5) is 19.8. The highest BCUT2D eigenvalue weighted by molar-refractivity contribution is 6.04. The minimum Gasteiger partial charge on any atom is -0.397 e. The number of hydrogen-bond donors (Lipinski definition) is 2. The van der Waals surface area contributed by atoms with Gasteiger partial charge in [0.2, 0.25) is 0 Å². The minimum absolute atomic E-state index is 0.263. The van der Waals surface area contributed by atoms with Crippen LogP contribution in [0.25, 0.3) is 0 Å². The molecule has 5 nitrogen and oxygen atoms in total. The van der Waals surface area contributed by atoms with Crippen LogP contribution in [0, 0.1) is 6.92 Å². The van der Waals surface area contributed by atoms with Gasteiger partial charge < -0.3 is 11.1 Å². The Kier molecular flexibility index (Phi) is 3.00. The molecule has 0 bridgehead atoms. The monoisotopic (exact) mass is 228 g/mol. The van der Waals surface area contributed by atoms with Crippen molar-refractivity contribution in [3.8, 4) is 0 Å². The zero-order valence-corrected chi connectivity index (χ0v) is 9.34. The van der Waals surface area contributed by atoms with E-state index in [-0.39, 0.29) is 11.6 Å². The molecule has 3 N–H and O–H groups in total. The third kappa shape index (κ3) is 2.57. The molecule has 0 radical (unpaired) electrons. The molecule has 1 aromatic heterocycles. The SMILES string of the molecule is Cc1cnc(C(=O)Nc2ccccc2N)cn1. The Balaban J connectivity index is 2.17. The van der Waals surface area contributed by atoms with Crippen LogP contribution in [0.3, 0.4) is 0 Å². The predicted molar refractivity (Wildman–Crippen MR) is 65.6 cm³/mol. The van der Waals surface area contributed by atoms with Gasteiger partial charge in [0.15, 0.2) is 0 Å². The lowest BCUT2D eigenvalue weighted by atomic mass is 10.2. The number of nitrogens with zero attached hydrogens (tertiary/aromatic N) is 2. The molecule has 0 aliphatic heterocycles. The van der Waals surface area contributed by atoms with E-state index in [0.29, 0.717) is 11.4 Å². The molecule has 1 heterocycles. The Morgan fingerprint density at radius 1 is 1.24 bits per heavy atom. The summed E-state index contributed by atoms with van der Waals surface area (Å²) in [7, 11) is 0. The number of aromatic nitrogens is 2. The predicted octanol–water partition coefficient (Wildman–Crippen LogP) is 1.62. The van der Waals surface area contributed by atoms with E-state index in [2.05, 4.69) is 15.3 Å². The van der Waals surface area contributed by atoms with Gasteiger partial charge >= 0.3 is 0 Å². The molecule has 0 unspecified atom stereocenters. The smallest absolute Gasteiger partial charge is 0.275 e. The Hall–Kier alpha value is -2.43. The van der Waals surface area contributed by atoms with Gasteiger partial charge in [-0.3, -0.25) is 9.78 Å². The summed E-state index contributed by atoms with van der Waals surface area (Å²) < 4.78 is 0. The molecule has 0 atom stereocenters. The van der Waals surface area contributed by atoms with Crippen LogP contribution in [0.1, 0.15) is 16.2 Å². The maximum absolute atomic E-state index is 11.8. The molecule has 17 heavy (non-hydrogen) atoms. The Morgan fingerprint density at radius 3 is 2.65 bits per heavy atom. The number of amides is 1. The van der Waals surface area contributed by atoms with E-state index in [9.17, 15) is 4.79 Å². The third-order valence-corrected chi connectivity index (χ3v) is 2.22. The van der Waals surface area contributed by atoms with Crippen molar-refractivity contribution in [3.63, 3.8) is 0 Å². The molecule has 0 spiro atoms. The topological polar surface area (TPSA) is 80.9 Å². The second kappa shape index (κ2) is 4.61. The molecule has 0 fully saturated rings. The molecule has 1 aromatic carbocycles. The summed E-state index contributed by atoms with van der Waals surface area (Å²) in [6, 6.07) is 7.05. The lowest BCUT2D eigenvalue weighted by Crippen LogP contribution is -2.15. The second-order valence-corrected chi connectivity index (χ2v) is 3.58. The van der Waals surface area contributed by atoms with Crippen LogP contribution >= 0.6 is 0 Å². The number of nitrogens with two attached hydrogens (primary N) is 1. The molecule has 0 aliphatic rings. The number of para-hydroxylation sites is 2. The first-order valence-electron chi connectivity index (χ1n) is 5.11. The maximum Gasteiger partial charge on any atom is 0.275 e. The molecular formula is C12H12N4O. The number of nitrogen functional groups attached to an aromatic ring is 1. The molecule has 0 aliphatic carbocycles. The fourth-order valence-corrected chi connectivity index (χ4v) is 1.31. The Bertz CT molecular complexity index is 536. The zero-order chi connectivity index (χ0) is 12.3. The normalized spacial score (nSPS) is 9.94. The second-order valence-electron chi connectivity index (χ2n) is 3.58. The van der Waals surface area contributed by atoms with E-state index in [1.165, 1.54) is 6.20 Å². The number of carbonyl (C=O) groups excluding carboxylic acids is 1. The highest BCUT2D eigenvalue weighted by Gasteiger charge is 2.08. The van der Waals surface area contributed by atoms with Gasteiger partial charge in [0.05, 0.1) is 23.3 Å². The first kappa shape index (κ1) is 11.1. The van der Waals surface area contributed by atoms with Crippen molar-refractivity contribution in [1.29, 1.82) is 0 Å². The number of carbonyl (C=O) groups is 1. The average molecular weight is 228 g/mol. The van der Waals surface area contributed by atoms with E-state index in [1.54, 1.807) is 30.5 Å². The maximum atomic E-state index is 11.8. The summed E-state index contributed by atoms with van der Waals surface area (Å²) >= 11 is 0. The van der Waals surface area contributed by atoms with Crippen LogP contribution in [0.2, 0.25) is 0 Å². The van der Waals surface area contributed by atoms with Crippen LogP contribution in [-0.4, -0.2) is 15.9 Å². The quantitative estimate of drug-likeness (QED) is 0.765. The van der Waals surface area contributed by atoms with Crippen LogP contribution in [0.4, 0.5) is 11.4 Å². The van der Waals surface area contributed by atoms with Gasteiger partial charge in [0.25, 0.3) is 5.91 Å². The Labute approximate surface area is 98.7 Å². The standard InChI is InChI=1S/C12H12N4O/c1-8-6-15-11(7-14-8)12(17)16-10-5-3-2-4-9(10)13/h2-7H,13H2,1H3,(H,16,17). The number of hydrogen-bond acceptors (Lipinski definition) is 4. The van der Waals surface area contributed by atoms with Crippen molar-refractivity contribution < 1.29 is 4.79 Å². The van der Waals surface area contributed by atoms with Gasteiger partial charge in [-0.05, 0) is 19.1 Å².